The number of para-hydroxylation sites is 1. The predicted octanol–water partition coefficient (Wildman–Crippen LogP) is 3.98. The molecule has 4 heteroatoms. The van der Waals surface area contributed by atoms with Crippen LogP contribution >= 0.6 is 0 Å². The molecule has 0 saturated carbocycles. The fourth-order valence-electron chi connectivity index (χ4n) is 2.90. The van der Waals surface area contributed by atoms with E-state index >= 15 is 0 Å². The van der Waals surface area contributed by atoms with E-state index in [1.165, 1.54) is 0 Å². The predicted molar refractivity (Wildman–Crippen MR) is 95.4 cm³/mol. The second-order valence-corrected chi connectivity index (χ2v) is 5.87. The zero-order valence-corrected chi connectivity index (χ0v) is 14.2. The maximum atomic E-state index is 12.7. The first kappa shape index (κ1) is 16.0. The van der Waals surface area contributed by atoms with Crippen molar-refractivity contribution in [1.29, 1.82) is 0 Å². The summed E-state index contributed by atoms with van der Waals surface area (Å²) in [5, 5.41) is 3.03. The largest absolute Gasteiger partial charge is 0.344 e. The lowest BCUT2D eigenvalue weighted by Gasteiger charge is -2.14. The van der Waals surface area contributed by atoms with Crippen LogP contribution in [0.15, 0.2) is 60.7 Å². The Morgan fingerprint density at radius 1 is 1.00 bits per heavy atom. The molecule has 1 unspecified atom stereocenters. The Kier molecular flexibility index (Phi) is 4.47. The number of aromatic nitrogens is 2. The SMILES string of the molecule is Cc1nc(C(=O)NC(C)c2ccccc2)c(C)n1-c1ccccc1. The molecule has 0 bridgehead atoms. The lowest BCUT2D eigenvalue weighted by molar-refractivity contribution is 0.0934. The molecule has 0 aliphatic heterocycles. The van der Waals surface area contributed by atoms with Crippen LogP contribution in [0.3, 0.4) is 0 Å². The van der Waals surface area contributed by atoms with Crippen molar-refractivity contribution in [2.75, 3.05) is 0 Å². The highest BCUT2D eigenvalue weighted by molar-refractivity contribution is 5.94. The van der Waals surface area contributed by atoms with Crippen LogP contribution in [0.1, 0.15) is 40.5 Å². The molecular formula is C20H21N3O. The first-order valence-electron chi connectivity index (χ1n) is 8.05. The van der Waals surface area contributed by atoms with Gasteiger partial charge in [-0.1, -0.05) is 48.5 Å². The summed E-state index contributed by atoms with van der Waals surface area (Å²) in [4.78, 5) is 17.1. The number of aryl methyl sites for hydroxylation is 1. The van der Waals surface area contributed by atoms with E-state index in [4.69, 9.17) is 0 Å². The summed E-state index contributed by atoms with van der Waals surface area (Å²) in [6.45, 7) is 5.82. The van der Waals surface area contributed by atoms with E-state index in [0.29, 0.717) is 5.69 Å². The van der Waals surface area contributed by atoms with Gasteiger partial charge in [0.1, 0.15) is 11.5 Å². The van der Waals surface area contributed by atoms with Crippen molar-refractivity contribution in [1.82, 2.24) is 14.9 Å². The average molecular weight is 319 g/mol. The first-order valence-corrected chi connectivity index (χ1v) is 8.05. The van der Waals surface area contributed by atoms with Crippen LogP contribution in [0.2, 0.25) is 0 Å². The van der Waals surface area contributed by atoms with Gasteiger partial charge in [-0.05, 0) is 38.5 Å². The van der Waals surface area contributed by atoms with Gasteiger partial charge in [0.25, 0.3) is 5.91 Å². The molecule has 0 aliphatic carbocycles. The number of amides is 1. The third kappa shape index (κ3) is 3.08. The minimum Gasteiger partial charge on any atom is -0.344 e. The highest BCUT2D eigenvalue weighted by Crippen LogP contribution is 2.19. The number of carbonyl (C=O) groups is 1. The van der Waals surface area contributed by atoms with Gasteiger partial charge in [0.2, 0.25) is 0 Å². The number of nitrogens with one attached hydrogen (secondary N) is 1. The van der Waals surface area contributed by atoms with Crippen molar-refractivity contribution in [3.05, 3.63) is 83.4 Å². The van der Waals surface area contributed by atoms with E-state index in [9.17, 15) is 4.79 Å². The maximum Gasteiger partial charge on any atom is 0.272 e. The fourth-order valence-corrected chi connectivity index (χ4v) is 2.90. The second-order valence-electron chi connectivity index (χ2n) is 5.87. The highest BCUT2D eigenvalue weighted by atomic mass is 16.2. The van der Waals surface area contributed by atoms with Crippen molar-refractivity contribution in [3.63, 3.8) is 0 Å². The van der Waals surface area contributed by atoms with Gasteiger partial charge in [-0.3, -0.25) is 4.79 Å². The van der Waals surface area contributed by atoms with E-state index < -0.39 is 0 Å². The summed E-state index contributed by atoms with van der Waals surface area (Å²) in [6.07, 6.45) is 0. The summed E-state index contributed by atoms with van der Waals surface area (Å²) in [6, 6.07) is 19.8. The van der Waals surface area contributed by atoms with Crippen LogP contribution in [-0.2, 0) is 0 Å². The number of benzene rings is 2. The molecule has 0 aliphatic rings. The maximum absolute atomic E-state index is 12.7. The van der Waals surface area contributed by atoms with Crippen molar-refractivity contribution in [2.24, 2.45) is 0 Å². The molecule has 1 aromatic heterocycles. The molecule has 4 nitrogen and oxygen atoms in total. The van der Waals surface area contributed by atoms with Gasteiger partial charge in [-0.25, -0.2) is 4.98 Å². The van der Waals surface area contributed by atoms with Gasteiger partial charge < -0.3 is 9.88 Å². The number of hydrogen-bond donors (Lipinski definition) is 1. The molecule has 3 aromatic rings. The number of hydrogen-bond acceptors (Lipinski definition) is 2. The molecule has 24 heavy (non-hydrogen) atoms. The van der Waals surface area contributed by atoms with E-state index in [1.807, 2.05) is 86.0 Å². The Morgan fingerprint density at radius 3 is 2.21 bits per heavy atom. The number of rotatable bonds is 4. The molecule has 1 amide bonds. The Balaban J connectivity index is 1.86. The molecule has 1 N–H and O–H groups in total. The standard InChI is InChI=1S/C20H21N3O/c1-14(17-10-6-4-7-11-17)21-20(24)19-15(2)23(16(3)22-19)18-12-8-5-9-13-18/h4-14H,1-3H3,(H,21,24). The Hall–Kier alpha value is -2.88. The molecule has 2 aromatic carbocycles. The lowest BCUT2D eigenvalue weighted by Crippen LogP contribution is -2.27. The normalized spacial score (nSPS) is 12.0. The van der Waals surface area contributed by atoms with E-state index in [2.05, 4.69) is 10.3 Å². The highest BCUT2D eigenvalue weighted by Gasteiger charge is 2.20. The zero-order chi connectivity index (χ0) is 17.1. The van der Waals surface area contributed by atoms with Crippen LogP contribution in [-0.4, -0.2) is 15.5 Å². The summed E-state index contributed by atoms with van der Waals surface area (Å²) in [7, 11) is 0. The van der Waals surface area contributed by atoms with Gasteiger partial charge in [0.05, 0.1) is 11.7 Å². The minimum absolute atomic E-state index is 0.0692. The van der Waals surface area contributed by atoms with Crippen LogP contribution in [0.5, 0.6) is 0 Å². The van der Waals surface area contributed by atoms with Gasteiger partial charge >= 0.3 is 0 Å². The molecule has 1 heterocycles. The molecule has 1 atom stereocenters. The van der Waals surface area contributed by atoms with Crippen LogP contribution in [0.25, 0.3) is 5.69 Å². The molecule has 122 valence electrons. The van der Waals surface area contributed by atoms with Crippen molar-refractivity contribution in [3.8, 4) is 5.69 Å². The monoisotopic (exact) mass is 319 g/mol. The molecule has 3 rings (SSSR count). The first-order chi connectivity index (χ1) is 11.6. The van der Waals surface area contributed by atoms with Crippen LogP contribution in [0, 0.1) is 13.8 Å². The summed E-state index contributed by atoms with van der Waals surface area (Å²) >= 11 is 0. The minimum atomic E-state index is -0.151. The summed E-state index contributed by atoms with van der Waals surface area (Å²) in [5.74, 6) is 0.651. The molecule has 0 spiro atoms. The quantitative estimate of drug-likeness (QED) is 0.790. The van der Waals surface area contributed by atoms with Crippen LogP contribution in [0.4, 0.5) is 0 Å². The zero-order valence-electron chi connectivity index (χ0n) is 14.2. The Morgan fingerprint density at radius 2 is 1.58 bits per heavy atom. The lowest BCUT2D eigenvalue weighted by atomic mass is 10.1. The fraction of sp³-hybridized carbons (Fsp3) is 0.200. The third-order valence-corrected chi connectivity index (χ3v) is 4.15. The molecule has 0 radical (unpaired) electrons. The summed E-state index contributed by atoms with van der Waals surface area (Å²) < 4.78 is 2.00. The van der Waals surface area contributed by atoms with Crippen molar-refractivity contribution < 1.29 is 4.79 Å². The Labute approximate surface area is 142 Å². The molecular weight excluding hydrogens is 298 g/mol. The van der Waals surface area contributed by atoms with Crippen LogP contribution < -0.4 is 5.32 Å². The smallest absolute Gasteiger partial charge is 0.272 e. The van der Waals surface area contributed by atoms with Gasteiger partial charge in [0, 0.05) is 5.69 Å². The Bertz CT molecular complexity index is 838. The van der Waals surface area contributed by atoms with Gasteiger partial charge in [-0.2, -0.15) is 0 Å². The summed E-state index contributed by atoms with van der Waals surface area (Å²) in [5.41, 5.74) is 3.40. The number of carbonyl (C=O) groups excluding carboxylic acids is 1. The van der Waals surface area contributed by atoms with E-state index in [-0.39, 0.29) is 11.9 Å². The average Bonchev–Trinajstić information content (AvgIpc) is 2.91. The van der Waals surface area contributed by atoms with Crippen molar-refractivity contribution in [2.45, 2.75) is 26.8 Å². The van der Waals surface area contributed by atoms with E-state index in [1.54, 1.807) is 0 Å². The number of nitrogens with zero attached hydrogens (tertiary/aromatic N) is 2. The number of imidazole rings is 1. The van der Waals surface area contributed by atoms with Crippen molar-refractivity contribution >= 4 is 5.91 Å². The van der Waals surface area contributed by atoms with Gasteiger partial charge in [-0.15, -0.1) is 0 Å². The molecule has 0 saturated heterocycles. The molecule has 0 fully saturated rings. The second kappa shape index (κ2) is 6.71. The third-order valence-electron chi connectivity index (χ3n) is 4.15. The topological polar surface area (TPSA) is 46.9 Å². The van der Waals surface area contributed by atoms with E-state index in [0.717, 1.165) is 22.8 Å². The van der Waals surface area contributed by atoms with Gasteiger partial charge in [0.15, 0.2) is 0 Å².